The average molecular weight is 355 g/mol. The van der Waals surface area contributed by atoms with Gasteiger partial charge in [0.15, 0.2) is 12.6 Å². The quantitative estimate of drug-likeness (QED) is 0.605. The number of nitrogens with zero attached hydrogens (tertiary/aromatic N) is 1. The van der Waals surface area contributed by atoms with Gasteiger partial charge in [0.2, 0.25) is 0 Å². The van der Waals surface area contributed by atoms with E-state index in [1.807, 2.05) is 19.1 Å². The summed E-state index contributed by atoms with van der Waals surface area (Å²) >= 11 is 6.06. The van der Waals surface area contributed by atoms with Gasteiger partial charge in [0.25, 0.3) is 11.8 Å². The first-order chi connectivity index (χ1) is 11.4. The van der Waals surface area contributed by atoms with E-state index in [1.54, 1.807) is 31.1 Å². The van der Waals surface area contributed by atoms with Crippen molar-refractivity contribution in [2.24, 2.45) is 0 Å². The van der Waals surface area contributed by atoms with Crippen molar-refractivity contribution < 1.29 is 19.4 Å². The van der Waals surface area contributed by atoms with E-state index in [4.69, 9.17) is 11.6 Å². The van der Waals surface area contributed by atoms with Gasteiger partial charge in [-0.15, -0.1) is 0 Å². The fourth-order valence-electron chi connectivity index (χ4n) is 3.08. The zero-order valence-corrected chi connectivity index (χ0v) is 15.3. The second kappa shape index (κ2) is 8.46. The van der Waals surface area contributed by atoms with Gasteiger partial charge in [-0.2, -0.15) is 0 Å². The Morgan fingerprint density at radius 2 is 1.83 bits per heavy atom. The van der Waals surface area contributed by atoms with Crippen LogP contribution in [0.15, 0.2) is 24.3 Å². The summed E-state index contributed by atoms with van der Waals surface area (Å²) in [5.74, 6) is 0.129. The average Bonchev–Trinajstić information content (AvgIpc) is 2.56. The molecule has 1 saturated heterocycles. The molecule has 7 heteroatoms. The summed E-state index contributed by atoms with van der Waals surface area (Å²) in [6.07, 6.45) is 0. The maximum Gasteiger partial charge on any atom is 0.280 e. The molecule has 1 aromatic rings. The first kappa shape index (κ1) is 18.7. The number of benzene rings is 1. The molecular formula is C17H27ClN4O2+2. The number of halogens is 1. The number of carbonyl (C=O) groups is 2. The Balaban J connectivity index is 1.79. The van der Waals surface area contributed by atoms with Crippen molar-refractivity contribution >= 4 is 29.1 Å². The highest BCUT2D eigenvalue weighted by Crippen LogP contribution is 2.19. The second-order valence-corrected chi connectivity index (χ2v) is 6.97. The Kier molecular flexibility index (Phi) is 6.60. The topological polar surface area (TPSA) is 58.3 Å². The number of piperazine rings is 1. The van der Waals surface area contributed by atoms with Crippen LogP contribution in [0.4, 0.5) is 5.69 Å². The van der Waals surface area contributed by atoms with E-state index in [9.17, 15) is 9.59 Å². The molecular weight excluding hydrogens is 328 g/mol. The number of rotatable bonds is 5. The van der Waals surface area contributed by atoms with E-state index in [0.29, 0.717) is 17.3 Å². The predicted molar refractivity (Wildman–Crippen MR) is 94.5 cm³/mol. The Hall–Kier alpha value is -1.63. The molecule has 1 aliphatic rings. The summed E-state index contributed by atoms with van der Waals surface area (Å²) in [4.78, 5) is 28.4. The molecule has 1 aliphatic heterocycles. The van der Waals surface area contributed by atoms with Crippen LogP contribution in [0.2, 0.25) is 5.02 Å². The van der Waals surface area contributed by atoms with Crippen LogP contribution in [0.3, 0.4) is 0 Å². The molecule has 1 heterocycles. The SMILES string of the molecule is C[C@H](C(=O)N(C)C)[NH+]1CC[NH+](CC(=O)Nc2ccccc2Cl)CC1. The first-order valence-electron chi connectivity index (χ1n) is 8.32. The van der Waals surface area contributed by atoms with E-state index >= 15 is 0 Å². The van der Waals surface area contributed by atoms with Crippen molar-refractivity contribution in [3.05, 3.63) is 29.3 Å². The molecule has 24 heavy (non-hydrogen) atoms. The van der Waals surface area contributed by atoms with Crippen LogP contribution in [-0.2, 0) is 9.59 Å². The molecule has 0 spiro atoms. The Morgan fingerprint density at radius 3 is 2.42 bits per heavy atom. The zero-order chi connectivity index (χ0) is 17.7. The molecule has 0 aliphatic carbocycles. The minimum Gasteiger partial charge on any atom is -0.344 e. The molecule has 0 unspecified atom stereocenters. The highest BCUT2D eigenvalue weighted by atomic mass is 35.5. The standard InChI is InChI=1S/C17H25ClN4O2/c1-13(17(24)20(2)3)22-10-8-21(9-11-22)12-16(23)19-15-7-5-4-6-14(15)18/h4-7,13H,8-12H2,1-3H3,(H,19,23)/p+2/t13-/m1/s1. The molecule has 0 saturated carbocycles. The monoisotopic (exact) mass is 354 g/mol. The van der Waals surface area contributed by atoms with E-state index in [0.717, 1.165) is 26.2 Å². The minimum absolute atomic E-state index is 0.0287. The highest BCUT2D eigenvalue weighted by Gasteiger charge is 2.32. The lowest BCUT2D eigenvalue weighted by Crippen LogP contribution is -3.30. The molecule has 1 fully saturated rings. The van der Waals surface area contributed by atoms with Gasteiger partial charge in [-0.3, -0.25) is 9.59 Å². The molecule has 3 N–H and O–H groups in total. The Morgan fingerprint density at radius 1 is 1.21 bits per heavy atom. The summed E-state index contributed by atoms with van der Waals surface area (Å²) in [6, 6.07) is 7.21. The van der Waals surface area contributed by atoms with Crippen LogP contribution in [0.25, 0.3) is 0 Å². The molecule has 132 valence electrons. The van der Waals surface area contributed by atoms with Crippen LogP contribution in [0.1, 0.15) is 6.92 Å². The number of hydrogen-bond acceptors (Lipinski definition) is 2. The van der Waals surface area contributed by atoms with E-state index in [2.05, 4.69) is 5.32 Å². The van der Waals surface area contributed by atoms with Crippen LogP contribution in [0, 0.1) is 0 Å². The number of para-hydroxylation sites is 1. The molecule has 1 atom stereocenters. The van der Waals surface area contributed by atoms with Gasteiger partial charge >= 0.3 is 0 Å². The number of carbonyl (C=O) groups excluding carboxylic acids is 2. The minimum atomic E-state index is -0.0292. The first-order valence-corrected chi connectivity index (χ1v) is 8.70. The van der Waals surface area contributed by atoms with Crippen LogP contribution in [-0.4, -0.2) is 69.6 Å². The van der Waals surface area contributed by atoms with Gasteiger partial charge in [-0.1, -0.05) is 23.7 Å². The third-order valence-electron chi connectivity index (χ3n) is 4.58. The summed E-state index contributed by atoms with van der Waals surface area (Å²) in [6.45, 7) is 5.97. The lowest BCUT2D eigenvalue weighted by Gasteiger charge is -2.33. The molecule has 0 aromatic heterocycles. The summed E-state index contributed by atoms with van der Waals surface area (Å²) < 4.78 is 0. The van der Waals surface area contributed by atoms with Crippen molar-refractivity contribution in [2.75, 3.05) is 52.1 Å². The third kappa shape index (κ3) is 4.93. The third-order valence-corrected chi connectivity index (χ3v) is 4.91. The molecule has 6 nitrogen and oxygen atoms in total. The maximum absolute atomic E-state index is 12.2. The number of likely N-dealkylation sites (N-methyl/N-ethyl adjacent to an activating group) is 1. The van der Waals surface area contributed by atoms with Crippen molar-refractivity contribution in [3.63, 3.8) is 0 Å². The van der Waals surface area contributed by atoms with Gasteiger partial charge in [0, 0.05) is 14.1 Å². The number of hydrogen-bond donors (Lipinski definition) is 3. The number of amides is 2. The van der Waals surface area contributed by atoms with Crippen molar-refractivity contribution in [1.29, 1.82) is 0 Å². The van der Waals surface area contributed by atoms with Crippen LogP contribution in [0.5, 0.6) is 0 Å². The fraction of sp³-hybridized carbons (Fsp3) is 0.529. The largest absolute Gasteiger partial charge is 0.344 e. The molecule has 2 rings (SSSR count). The van der Waals surface area contributed by atoms with E-state index in [-0.39, 0.29) is 17.9 Å². The summed E-state index contributed by atoms with van der Waals surface area (Å²) in [5, 5.41) is 3.41. The Bertz CT molecular complexity index is 586. The molecule has 2 amide bonds. The molecule has 0 radical (unpaired) electrons. The zero-order valence-electron chi connectivity index (χ0n) is 14.6. The second-order valence-electron chi connectivity index (χ2n) is 6.57. The summed E-state index contributed by atoms with van der Waals surface area (Å²) in [7, 11) is 3.58. The number of anilines is 1. The summed E-state index contributed by atoms with van der Waals surface area (Å²) in [5.41, 5.74) is 0.651. The lowest BCUT2D eigenvalue weighted by atomic mass is 10.2. The predicted octanol–water partition coefficient (Wildman–Crippen LogP) is -1.46. The van der Waals surface area contributed by atoms with E-state index < -0.39 is 0 Å². The van der Waals surface area contributed by atoms with Gasteiger partial charge in [-0.05, 0) is 19.1 Å². The number of quaternary nitrogens is 2. The van der Waals surface area contributed by atoms with Crippen LogP contribution >= 0.6 is 11.6 Å². The normalized spacial score (nSPS) is 21.8. The molecule has 1 aromatic carbocycles. The number of nitrogens with one attached hydrogen (secondary N) is 3. The fourth-order valence-corrected chi connectivity index (χ4v) is 3.26. The van der Waals surface area contributed by atoms with Crippen molar-refractivity contribution in [3.8, 4) is 0 Å². The van der Waals surface area contributed by atoms with E-state index in [1.165, 1.54) is 9.80 Å². The van der Waals surface area contributed by atoms with Gasteiger partial charge in [0.1, 0.15) is 26.2 Å². The molecule has 0 bridgehead atoms. The van der Waals surface area contributed by atoms with Crippen molar-refractivity contribution in [2.45, 2.75) is 13.0 Å². The van der Waals surface area contributed by atoms with Crippen molar-refractivity contribution in [1.82, 2.24) is 4.90 Å². The smallest absolute Gasteiger partial charge is 0.280 e. The van der Waals surface area contributed by atoms with Gasteiger partial charge < -0.3 is 20.0 Å². The van der Waals surface area contributed by atoms with Gasteiger partial charge in [0.05, 0.1) is 10.7 Å². The van der Waals surface area contributed by atoms with Crippen LogP contribution < -0.4 is 15.1 Å². The highest BCUT2D eigenvalue weighted by molar-refractivity contribution is 6.33. The Labute approximate surface area is 148 Å². The lowest BCUT2D eigenvalue weighted by molar-refractivity contribution is -1.01. The van der Waals surface area contributed by atoms with Gasteiger partial charge in [-0.25, -0.2) is 0 Å². The maximum atomic E-state index is 12.2.